The van der Waals surface area contributed by atoms with Crippen molar-refractivity contribution in [1.29, 1.82) is 0 Å². The molecule has 2 aromatic rings. The van der Waals surface area contributed by atoms with E-state index in [9.17, 15) is 0 Å². The molecule has 1 heterocycles. The van der Waals surface area contributed by atoms with Gasteiger partial charge in [-0.25, -0.2) is 0 Å². The molecule has 0 radical (unpaired) electrons. The van der Waals surface area contributed by atoms with Crippen LogP contribution in [0.5, 0.6) is 0 Å². The third-order valence-electron chi connectivity index (χ3n) is 2.85. The summed E-state index contributed by atoms with van der Waals surface area (Å²) in [5.74, 6) is 0.158. The molecule has 1 aromatic heterocycles. The van der Waals surface area contributed by atoms with Gasteiger partial charge in [0.15, 0.2) is 0 Å². The lowest BCUT2D eigenvalue weighted by molar-refractivity contribution is 0.706. The molecule has 2 nitrogen and oxygen atoms in total. The Kier molecular flexibility index (Phi) is 4.59. The highest BCUT2D eigenvalue weighted by atomic mass is 35.5. The van der Waals surface area contributed by atoms with Crippen molar-refractivity contribution in [2.75, 3.05) is 6.54 Å². The Hall–Kier alpha value is -1.09. The van der Waals surface area contributed by atoms with E-state index in [-0.39, 0.29) is 5.92 Å². The van der Waals surface area contributed by atoms with Crippen molar-refractivity contribution in [3.05, 3.63) is 63.9 Å². The molecule has 0 spiro atoms. The third kappa shape index (κ3) is 3.02. The second kappa shape index (κ2) is 6.19. The van der Waals surface area contributed by atoms with Gasteiger partial charge in [0.05, 0.1) is 10.0 Å². The quantitative estimate of drug-likeness (QED) is 0.924. The molecular weight excluding hydrogens is 267 g/mol. The number of benzene rings is 1. The molecule has 0 fully saturated rings. The molecule has 18 heavy (non-hydrogen) atoms. The van der Waals surface area contributed by atoms with Gasteiger partial charge in [-0.15, -0.1) is 0 Å². The predicted molar refractivity (Wildman–Crippen MR) is 76.2 cm³/mol. The van der Waals surface area contributed by atoms with E-state index in [1.807, 2.05) is 36.4 Å². The maximum atomic E-state index is 6.06. The summed E-state index contributed by atoms with van der Waals surface area (Å²) < 4.78 is 0. The minimum atomic E-state index is 0.158. The van der Waals surface area contributed by atoms with Crippen molar-refractivity contribution < 1.29 is 0 Å². The zero-order valence-electron chi connectivity index (χ0n) is 9.81. The summed E-state index contributed by atoms with van der Waals surface area (Å²) in [7, 11) is 0. The molecule has 0 saturated carbocycles. The second-order valence-electron chi connectivity index (χ2n) is 4.06. The minimum absolute atomic E-state index is 0.158. The lowest BCUT2D eigenvalue weighted by atomic mass is 9.92. The number of rotatable bonds is 4. The van der Waals surface area contributed by atoms with Gasteiger partial charge >= 0.3 is 0 Å². The Balaban J connectivity index is 2.38. The molecule has 0 aliphatic rings. The topological polar surface area (TPSA) is 38.9 Å². The molecule has 1 atom stereocenters. The van der Waals surface area contributed by atoms with Crippen molar-refractivity contribution in [2.24, 2.45) is 5.73 Å². The molecule has 94 valence electrons. The largest absolute Gasteiger partial charge is 0.330 e. The molecule has 0 unspecified atom stereocenters. The van der Waals surface area contributed by atoms with Crippen molar-refractivity contribution >= 4 is 23.2 Å². The van der Waals surface area contributed by atoms with Gasteiger partial charge in [0.2, 0.25) is 0 Å². The van der Waals surface area contributed by atoms with E-state index < -0.39 is 0 Å². The fourth-order valence-electron chi connectivity index (χ4n) is 1.96. The number of pyridine rings is 1. The van der Waals surface area contributed by atoms with Crippen LogP contribution in [-0.4, -0.2) is 11.5 Å². The Bertz CT molecular complexity index is 514. The fourth-order valence-corrected chi connectivity index (χ4v) is 2.27. The van der Waals surface area contributed by atoms with E-state index in [0.717, 1.165) is 17.7 Å². The number of hydrogen-bond acceptors (Lipinski definition) is 2. The highest BCUT2D eigenvalue weighted by molar-refractivity contribution is 6.42. The first kappa shape index (κ1) is 13.3. The van der Waals surface area contributed by atoms with Crippen LogP contribution in [0, 0.1) is 0 Å². The summed E-state index contributed by atoms with van der Waals surface area (Å²) in [6.45, 7) is 0.599. The predicted octanol–water partition coefficient (Wildman–Crippen LogP) is 3.87. The van der Waals surface area contributed by atoms with Gasteiger partial charge in [0.25, 0.3) is 0 Å². The normalized spacial score (nSPS) is 12.4. The lowest BCUT2D eigenvalue weighted by Gasteiger charge is -2.16. The van der Waals surface area contributed by atoms with Gasteiger partial charge in [-0.3, -0.25) is 4.98 Å². The maximum Gasteiger partial charge on any atom is 0.0595 e. The Labute approximate surface area is 117 Å². The first-order valence-corrected chi connectivity index (χ1v) is 6.54. The van der Waals surface area contributed by atoms with Crippen LogP contribution in [0.15, 0.2) is 42.6 Å². The van der Waals surface area contributed by atoms with Gasteiger partial charge in [0.1, 0.15) is 0 Å². The van der Waals surface area contributed by atoms with Gasteiger partial charge < -0.3 is 5.73 Å². The first-order chi connectivity index (χ1) is 8.72. The SMILES string of the molecule is NCC[C@@H](c1ccc(Cl)c(Cl)c1)c1ccccn1. The van der Waals surface area contributed by atoms with Gasteiger partial charge in [0, 0.05) is 17.8 Å². The van der Waals surface area contributed by atoms with Crippen LogP contribution in [0.3, 0.4) is 0 Å². The van der Waals surface area contributed by atoms with Crippen LogP contribution in [0.1, 0.15) is 23.6 Å². The van der Waals surface area contributed by atoms with E-state index in [1.165, 1.54) is 0 Å². The van der Waals surface area contributed by atoms with Gasteiger partial charge in [-0.2, -0.15) is 0 Å². The van der Waals surface area contributed by atoms with E-state index in [0.29, 0.717) is 16.6 Å². The molecule has 0 saturated heterocycles. The van der Waals surface area contributed by atoms with Crippen molar-refractivity contribution in [1.82, 2.24) is 4.98 Å². The monoisotopic (exact) mass is 280 g/mol. The molecule has 2 N–H and O–H groups in total. The molecular formula is C14H14Cl2N2. The molecule has 0 aliphatic carbocycles. The number of aromatic nitrogens is 1. The highest BCUT2D eigenvalue weighted by Gasteiger charge is 2.15. The smallest absolute Gasteiger partial charge is 0.0595 e. The van der Waals surface area contributed by atoms with E-state index in [2.05, 4.69) is 4.98 Å². The molecule has 4 heteroatoms. The van der Waals surface area contributed by atoms with Gasteiger partial charge in [-0.05, 0) is 42.8 Å². The molecule has 0 bridgehead atoms. The van der Waals surface area contributed by atoms with E-state index in [4.69, 9.17) is 28.9 Å². The number of nitrogens with zero attached hydrogens (tertiary/aromatic N) is 1. The second-order valence-corrected chi connectivity index (χ2v) is 4.87. The summed E-state index contributed by atoms with van der Waals surface area (Å²) in [5.41, 5.74) is 7.78. The fraction of sp³-hybridized carbons (Fsp3) is 0.214. The lowest BCUT2D eigenvalue weighted by Crippen LogP contribution is -2.10. The molecule has 0 amide bonds. The van der Waals surface area contributed by atoms with Crippen LogP contribution in [0.4, 0.5) is 0 Å². The Morgan fingerprint density at radius 3 is 2.56 bits per heavy atom. The van der Waals surface area contributed by atoms with Gasteiger partial charge in [-0.1, -0.05) is 35.3 Å². The average Bonchev–Trinajstić information content (AvgIpc) is 2.40. The van der Waals surface area contributed by atoms with Crippen molar-refractivity contribution in [3.63, 3.8) is 0 Å². The number of nitrogens with two attached hydrogens (primary N) is 1. The first-order valence-electron chi connectivity index (χ1n) is 5.78. The summed E-state index contributed by atoms with van der Waals surface area (Å²) >= 11 is 12.0. The van der Waals surface area contributed by atoms with Crippen LogP contribution in [0.25, 0.3) is 0 Å². The molecule has 2 rings (SSSR count). The summed E-state index contributed by atoms with van der Waals surface area (Å²) in [4.78, 5) is 4.39. The van der Waals surface area contributed by atoms with Crippen molar-refractivity contribution in [3.8, 4) is 0 Å². The summed E-state index contributed by atoms with van der Waals surface area (Å²) in [6.07, 6.45) is 2.62. The standard InChI is InChI=1S/C14H14Cl2N2/c15-12-5-4-10(9-13(12)16)11(6-7-17)14-3-1-2-8-18-14/h1-5,8-9,11H,6-7,17H2/t11-/m0/s1. The molecule has 0 aliphatic heterocycles. The zero-order valence-corrected chi connectivity index (χ0v) is 11.3. The third-order valence-corrected chi connectivity index (χ3v) is 3.59. The number of hydrogen-bond donors (Lipinski definition) is 1. The van der Waals surface area contributed by atoms with Crippen LogP contribution in [-0.2, 0) is 0 Å². The Morgan fingerprint density at radius 1 is 1.11 bits per heavy atom. The maximum absolute atomic E-state index is 6.06. The summed E-state index contributed by atoms with van der Waals surface area (Å²) in [6, 6.07) is 11.6. The average molecular weight is 281 g/mol. The van der Waals surface area contributed by atoms with Crippen molar-refractivity contribution in [2.45, 2.75) is 12.3 Å². The summed E-state index contributed by atoms with van der Waals surface area (Å²) in [5, 5.41) is 1.13. The van der Waals surface area contributed by atoms with E-state index in [1.54, 1.807) is 6.20 Å². The van der Waals surface area contributed by atoms with Crippen LogP contribution < -0.4 is 5.73 Å². The van der Waals surface area contributed by atoms with E-state index >= 15 is 0 Å². The molecule has 1 aromatic carbocycles. The number of halogens is 2. The van der Waals surface area contributed by atoms with Crippen LogP contribution >= 0.6 is 23.2 Å². The Morgan fingerprint density at radius 2 is 1.94 bits per heavy atom. The minimum Gasteiger partial charge on any atom is -0.330 e. The highest BCUT2D eigenvalue weighted by Crippen LogP contribution is 2.31. The zero-order chi connectivity index (χ0) is 13.0. The van der Waals surface area contributed by atoms with Crippen LogP contribution in [0.2, 0.25) is 10.0 Å².